The summed E-state index contributed by atoms with van der Waals surface area (Å²) in [6.45, 7) is 3.91. The number of aromatic nitrogens is 2. The van der Waals surface area contributed by atoms with Crippen LogP contribution in [0.3, 0.4) is 0 Å². The molecule has 176 valence electrons. The molecule has 0 aliphatic rings. The Morgan fingerprint density at radius 1 is 1.06 bits per heavy atom. The van der Waals surface area contributed by atoms with Crippen molar-refractivity contribution in [3.05, 3.63) is 82.8 Å². The van der Waals surface area contributed by atoms with Crippen molar-refractivity contribution in [2.45, 2.75) is 13.8 Å². The molecule has 0 unspecified atom stereocenters. The van der Waals surface area contributed by atoms with Gasteiger partial charge in [-0.1, -0.05) is 0 Å². The highest BCUT2D eigenvalue weighted by molar-refractivity contribution is 5.78. The molecule has 0 spiro atoms. The molecule has 4 aromatic rings. The zero-order valence-corrected chi connectivity index (χ0v) is 19.5. The number of carbonyl (C=O) groups excluding carboxylic acids is 1. The Balaban J connectivity index is 1.62. The smallest absolute Gasteiger partial charge is 0.229 e. The lowest BCUT2D eigenvalue weighted by molar-refractivity contribution is 0.110. The molecule has 9 nitrogen and oxygen atoms in total. The minimum absolute atomic E-state index is 0.171. The average Bonchev–Trinajstić information content (AvgIpc) is 3.36. The number of anilines is 5. The molecule has 4 rings (SSSR count). The third-order valence-electron chi connectivity index (χ3n) is 5.37. The van der Waals surface area contributed by atoms with E-state index in [2.05, 4.69) is 26.7 Å². The molecule has 36 heavy (non-hydrogen) atoms. The zero-order chi connectivity index (χ0) is 25.7. The Labute approximate surface area is 207 Å². The van der Waals surface area contributed by atoms with Crippen LogP contribution in [0.5, 0.6) is 0 Å². The molecule has 0 saturated heterocycles. The summed E-state index contributed by atoms with van der Waals surface area (Å²) in [5, 5.41) is 24.7. The number of carbonyl (C=O) groups is 1. The van der Waals surface area contributed by atoms with E-state index in [0.717, 1.165) is 22.4 Å². The van der Waals surface area contributed by atoms with Gasteiger partial charge in [0.2, 0.25) is 5.95 Å². The first-order valence-corrected chi connectivity index (χ1v) is 10.9. The molecule has 9 heteroatoms. The van der Waals surface area contributed by atoms with Crippen LogP contribution < -0.4 is 16.4 Å². The van der Waals surface area contributed by atoms with E-state index in [9.17, 15) is 10.1 Å². The van der Waals surface area contributed by atoms with Crippen molar-refractivity contribution in [1.29, 1.82) is 10.5 Å². The number of allylic oxidation sites excluding steroid dienone is 1. The summed E-state index contributed by atoms with van der Waals surface area (Å²) in [5.74, 6) is 1.29. The second kappa shape index (κ2) is 10.2. The third kappa shape index (κ3) is 5.06. The van der Waals surface area contributed by atoms with E-state index in [1.165, 1.54) is 12.3 Å². The third-order valence-corrected chi connectivity index (χ3v) is 5.37. The van der Waals surface area contributed by atoms with Crippen LogP contribution >= 0.6 is 0 Å². The number of nitrogens with two attached hydrogens (primary N) is 1. The topological polar surface area (TPSA) is 154 Å². The molecule has 0 radical (unpaired) electrons. The lowest BCUT2D eigenvalue weighted by Gasteiger charge is -2.15. The van der Waals surface area contributed by atoms with Crippen LogP contribution in [-0.2, 0) is 0 Å². The van der Waals surface area contributed by atoms with Gasteiger partial charge in [-0.3, -0.25) is 4.79 Å². The van der Waals surface area contributed by atoms with Gasteiger partial charge in [0, 0.05) is 23.0 Å². The highest BCUT2D eigenvalue weighted by Gasteiger charge is 2.13. The van der Waals surface area contributed by atoms with E-state index in [1.54, 1.807) is 36.4 Å². The van der Waals surface area contributed by atoms with Crippen molar-refractivity contribution in [3.8, 4) is 23.5 Å². The van der Waals surface area contributed by atoms with Gasteiger partial charge in [-0.15, -0.1) is 0 Å². The molecule has 2 aromatic carbocycles. The summed E-state index contributed by atoms with van der Waals surface area (Å²) >= 11 is 0. The predicted molar refractivity (Wildman–Crippen MR) is 138 cm³/mol. The average molecular weight is 476 g/mol. The number of benzene rings is 2. The maximum Gasteiger partial charge on any atom is 0.229 e. The van der Waals surface area contributed by atoms with Crippen LogP contribution in [0.1, 0.15) is 32.8 Å². The van der Waals surface area contributed by atoms with Gasteiger partial charge < -0.3 is 20.8 Å². The van der Waals surface area contributed by atoms with E-state index >= 15 is 0 Å². The van der Waals surface area contributed by atoms with Gasteiger partial charge in [-0.25, -0.2) is 4.98 Å². The minimum atomic E-state index is 0.171. The lowest BCUT2D eigenvalue weighted by Crippen LogP contribution is -2.06. The molecule has 4 N–H and O–H groups in total. The monoisotopic (exact) mass is 475 g/mol. The van der Waals surface area contributed by atoms with Crippen LogP contribution in [-0.4, -0.2) is 16.3 Å². The van der Waals surface area contributed by atoms with Crippen LogP contribution in [0.4, 0.5) is 28.8 Å². The SMILES string of the molecule is Cc1cc(/C=C/C#N)cc(C)c1Nc1nc(Nc2ccc(C#N)c(-c3ccc(C=O)o3)c2)ncc1N. The van der Waals surface area contributed by atoms with E-state index in [1.807, 2.05) is 32.0 Å². The fourth-order valence-electron chi connectivity index (χ4n) is 3.71. The number of aryl methyl sites for hydroxylation is 2. The Hall–Kier alpha value is -5.41. The Bertz CT molecular complexity index is 1550. The minimum Gasteiger partial charge on any atom is -0.453 e. The van der Waals surface area contributed by atoms with Crippen molar-refractivity contribution < 1.29 is 9.21 Å². The number of aldehydes is 1. The molecular formula is C27H21N7O2. The molecule has 0 aliphatic carbocycles. The van der Waals surface area contributed by atoms with E-state index in [0.29, 0.717) is 46.3 Å². The largest absolute Gasteiger partial charge is 0.453 e. The van der Waals surface area contributed by atoms with Crippen molar-refractivity contribution in [3.63, 3.8) is 0 Å². The first kappa shape index (κ1) is 23.7. The maximum absolute atomic E-state index is 11.0. The number of nitrogens with zero attached hydrogens (tertiary/aromatic N) is 4. The summed E-state index contributed by atoms with van der Waals surface area (Å²) in [7, 11) is 0. The number of nitrogens with one attached hydrogen (secondary N) is 2. The number of hydrogen-bond acceptors (Lipinski definition) is 9. The van der Waals surface area contributed by atoms with Crippen molar-refractivity contribution in [2.75, 3.05) is 16.4 Å². The number of nitrogen functional groups attached to an aromatic ring is 1. The van der Waals surface area contributed by atoms with Gasteiger partial charge in [0.05, 0.1) is 29.6 Å². The molecule has 2 heterocycles. The second-order valence-corrected chi connectivity index (χ2v) is 7.93. The van der Waals surface area contributed by atoms with Gasteiger partial charge in [-0.05, 0) is 79.1 Å². The van der Waals surface area contributed by atoms with Gasteiger partial charge in [0.1, 0.15) is 5.76 Å². The molecule has 0 fully saturated rings. The zero-order valence-electron chi connectivity index (χ0n) is 19.5. The molecule has 0 amide bonds. The summed E-state index contributed by atoms with van der Waals surface area (Å²) in [5.41, 5.74) is 11.7. The highest BCUT2D eigenvalue weighted by Crippen LogP contribution is 2.31. The van der Waals surface area contributed by atoms with E-state index in [4.69, 9.17) is 15.4 Å². The Morgan fingerprint density at radius 2 is 1.83 bits per heavy atom. The molecule has 0 saturated carbocycles. The molecule has 0 bridgehead atoms. The van der Waals surface area contributed by atoms with Crippen LogP contribution in [0.15, 0.2) is 59.2 Å². The van der Waals surface area contributed by atoms with Gasteiger partial charge in [0.25, 0.3) is 0 Å². The molecular weight excluding hydrogens is 454 g/mol. The fourth-order valence-corrected chi connectivity index (χ4v) is 3.71. The van der Waals surface area contributed by atoms with Crippen LogP contribution in [0.2, 0.25) is 0 Å². The van der Waals surface area contributed by atoms with Crippen LogP contribution in [0, 0.1) is 36.5 Å². The normalized spacial score (nSPS) is 10.6. The molecule has 0 atom stereocenters. The summed E-state index contributed by atoms with van der Waals surface area (Å²) in [6, 6.07) is 16.3. The number of rotatable bonds is 7. The number of furan rings is 1. The lowest BCUT2D eigenvalue weighted by atomic mass is 10.0. The summed E-state index contributed by atoms with van der Waals surface area (Å²) in [4.78, 5) is 19.8. The predicted octanol–water partition coefficient (Wildman–Crippen LogP) is 5.64. The number of nitriles is 2. The fraction of sp³-hybridized carbons (Fsp3) is 0.0741. The quantitative estimate of drug-likeness (QED) is 0.227. The number of hydrogen-bond donors (Lipinski definition) is 3. The van der Waals surface area contributed by atoms with E-state index in [-0.39, 0.29) is 5.76 Å². The first-order chi connectivity index (χ1) is 17.4. The van der Waals surface area contributed by atoms with Crippen molar-refractivity contribution in [2.24, 2.45) is 0 Å². The van der Waals surface area contributed by atoms with Crippen molar-refractivity contribution in [1.82, 2.24) is 9.97 Å². The van der Waals surface area contributed by atoms with Gasteiger partial charge >= 0.3 is 0 Å². The van der Waals surface area contributed by atoms with Gasteiger partial charge in [-0.2, -0.15) is 15.5 Å². The van der Waals surface area contributed by atoms with E-state index < -0.39 is 0 Å². The van der Waals surface area contributed by atoms with Crippen LogP contribution in [0.25, 0.3) is 17.4 Å². The Morgan fingerprint density at radius 3 is 2.50 bits per heavy atom. The molecule has 2 aromatic heterocycles. The highest BCUT2D eigenvalue weighted by atomic mass is 16.3. The first-order valence-electron chi connectivity index (χ1n) is 10.9. The summed E-state index contributed by atoms with van der Waals surface area (Å²) < 4.78 is 5.50. The van der Waals surface area contributed by atoms with Crippen molar-refractivity contribution >= 4 is 41.2 Å². The Kier molecular flexibility index (Phi) is 6.76. The maximum atomic E-state index is 11.0. The standard InChI is InChI=1S/C27H21N7O2/c1-16-10-18(4-3-9-28)11-17(2)25(16)33-26-23(30)14-31-27(34-26)32-20-6-5-19(13-29)22(12-20)24-8-7-21(15-35)36-24/h3-8,10-12,14-15H,30H2,1-2H3,(H2,31,32,33,34)/b4-3+. The molecule has 0 aliphatic heterocycles. The second-order valence-electron chi connectivity index (χ2n) is 7.93. The van der Waals surface area contributed by atoms with Gasteiger partial charge in [0.15, 0.2) is 17.9 Å². The summed E-state index contributed by atoms with van der Waals surface area (Å²) in [6.07, 6.45) is 5.29.